The van der Waals surface area contributed by atoms with Crippen LogP contribution < -0.4 is 9.62 Å². The summed E-state index contributed by atoms with van der Waals surface area (Å²) in [6.07, 6.45) is 5.27. The van der Waals surface area contributed by atoms with Crippen LogP contribution in [0.4, 0.5) is 5.69 Å². The summed E-state index contributed by atoms with van der Waals surface area (Å²) in [5, 5.41) is 3.74. The average Bonchev–Trinajstić information content (AvgIpc) is 3.07. The minimum atomic E-state index is -4.16. The van der Waals surface area contributed by atoms with Crippen molar-refractivity contribution in [3.05, 3.63) is 130 Å². The van der Waals surface area contributed by atoms with Gasteiger partial charge in [0.2, 0.25) is 11.8 Å². The molecule has 246 valence electrons. The van der Waals surface area contributed by atoms with E-state index in [1.807, 2.05) is 62.4 Å². The third-order valence-electron chi connectivity index (χ3n) is 8.70. The van der Waals surface area contributed by atoms with Crippen LogP contribution in [-0.2, 0) is 32.6 Å². The number of benzene rings is 4. The number of aryl methyl sites for hydroxylation is 2. The van der Waals surface area contributed by atoms with Crippen molar-refractivity contribution in [2.75, 3.05) is 10.8 Å². The third kappa shape index (κ3) is 8.82. The number of carbonyl (C=O) groups is 2. The van der Waals surface area contributed by atoms with Crippen molar-refractivity contribution in [3.63, 3.8) is 0 Å². The molecular weight excluding hydrogens is 630 g/mol. The summed E-state index contributed by atoms with van der Waals surface area (Å²) in [7, 11) is -4.16. The molecule has 2 amide bonds. The van der Waals surface area contributed by atoms with E-state index in [-0.39, 0.29) is 29.8 Å². The summed E-state index contributed by atoms with van der Waals surface area (Å²) in [6.45, 7) is 3.34. The molecule has 0 bridgehead atoms. The number of hydrogen-bond donors (Lipinski definition) is 1. The predicted octanol–water partition coefficient (Wildman–Crippen LogP) is 7.24. The number of nitrogens with zero attached hydrogens (tertiary/aromatic N) is 2. The summed E-state index contributed by atoms with van der Waals surface area (Å²) in [6, 6.07) is 29.5. The minimum absolute atomic E-state index is 0.0304. The molecule has 0 aromatic heterocycles. The summed E-state index contributed by atoms with van der Waals surface area (Å²) < 4.78 is 29.7. The van der Waals surface area contributed by atoms with E-state index >= 15 is 0 Å². The van der Waals surface area contributed by atoms with Crippen molar-refractivity contribution >= 4 is 39.1 Å². The first-order valence-corrected chi connectivity index (χ1v) is 18.0. The van der Waals surface area contributed by atoms with Gasteiger partial charge in [0.25, 0.3) is 10.0 Å². The van der Waals surface area contributed by atoms with Gasteiger partial charge in [0, 0.05) is 24.0 Å². The Hall–Kier alpha value is -4.14. The molecule has 1 atom stereocenters. The summed E-state index contributed by atoms with van der Waals surface area (Å²) >= 11 is 6.36. The van der Waals surface area contributed by atoms with E-state index in [0.29, 0.717) is 10.7 Å². The second kappa shape index (κ2) is 15.6. The van der Waals surface area contributed by atoms with Crippen LogP contribution in [0.3, 0.4) is 0 Å². The number of halogens is 1. The lowest BCUT2D eigenvalue weighted by molar-refractivity contribution is -0.140. The molecule has 1 aliphatic rings. The van der Waals surface area contributed by atoms with Gasteiger partial charge in [-0.2, -0.15) is 0 Å². The molecular formula is C38H42ClN3O4S. The van der Waals surface area contributed by atoms with Crippen molar-refractivity contribution in [3.8, 4) is 0 Å². The minimum Gasteiger partial charge on any atom is -0.352 e. The van der Waals surface area contributed by atoms with E-state index in [1.54, 1.807) is 42.5 Å². The highest BCUT2D eigenvalue weighted by atomic mass is 35.5. The van der Waals surface area contributed by atoms with Gasteiger partial charge in [-0.1, -0.05) is 109 Å². The van der Waals surface area contributed by atoms with Gasteiger partial charge >= 0.3 is 0 Å². The van der Waals surface area contributed by atoms with Gasteiger partial charge in [-0.25, -0.2) is 8.42 Å². The Bertz CT molecular complexity index is 1780. The van der Waals surface area contributed by atoms with Gasteiger partial charge in [-0.05, 0) is 73.7 Å². The highest BCUT2D eigenvalue weighted by Crippen LogP contribution is 2.29. The largest absolute Gasteiger partial charge is 0.352 e. The molecule has 47 heavy (non-hydrogen) atoms. The standard InChI is InChI=1S/C38H42ClN3O4S/c1-28-21-22-35(29(2)23-28)42(47(45,46)34-19-10-5-11-20-34)27-37(43)41(26-31-15-12-16-32(39)24-31)36(25-30-13-6-3-7-14-30)38(44)40-33-17-8-4-9-18-33/h3,5-7,10-16,19-24,33,36H,4,8-9,17-18,25-27H2,1-2H3,(H,40,44)/t36-/m1/s1. The van der Waals surface area contributed by atoms with Crippen LogP contribution in [0.5, 0.6) is 0 Å². The van der Waals surface area contributed by atoms with E-state index in [9.17, 15) is 18.0 Å². The van der Waals surface area contributed by atoms with Crippen LogP contribution in [-0.4, -0.2) is 43.8 Å². The Kier molecular flexibility index (Phi) is 11.4. The Morgan fingerprint density at radius 2 is 1.49 bits per heavy atom. The van der Waals surface area contributed by atoms with Crippen LogP contribution in [0.2, 0.25) is 5.02 Å². The predicted molar refractivity (Wildman–Crippen MR) is 188 cm³/mol. The van der Waals surface area contributed by atoms with Gasteiger partial charge in [-0.15, -0.1) is 0 Å². The van der Waals surface area contributed by atoms with Gasteiger partial charge in [0.15, 0.2) is 0 Å². The molecule has 1 N–H and O–H groups in total. The van der Waals surface area contributed by atoms with E-state index in [0.717, 1.165) is 54.4 Å². The molecule has 0 spiro atoms. The zero-order valence-electron chi connectivity index (χ0n) is 26.9. The summed E-state index contributed by atoms with van der Waals surface area (Å²) in [5.41, 5.74) is 3.72. The molecule has 9 heteroatoms. The Labute approximate surface area is 283 Å². The highest BCUT2D eigenvalue weighted by Gasteiger charge is 2.35. The van der Waals surface area contributed by atoms with Gasteiger partial charge < -0.3 is 10.2 Å². The van der Waals surface area contributed by atoms with Crippen molar-refractivity contribution in [2.24, 2.45) is 0 Å². The maximum Gasteiger partial charge on any atom is 0.264 e. The number of carbonyl (C=O) groups excluding carboxylic acids is 2. The number of anilines is 1. The number of nitrogens with one attached hydrogen (secondary N) is 1. The molecule has 7 nitrogen and oxygen atoms in total. The lowest BCUT2D eigenvalue weighted by atomic mass is 9.94. The molecule has 0 radical (unpaired) electrons. The summed E-state index contributed by atoms with van der Waals surface area (Å²) in [4.78, 5) is 30.5. The molecule has 0 aliphatic heterocycles. The van der Waals surface area contributed by atoms with Crippen molar-refractivity contribution in [1.82, 2.24) is 10.2 Å². The molecule has 4 aromatic rings. The Balaban J connectivity index is 1.58. The van der Waals surface area contributed by atoms with Crippen LogP contribution >= 0.6 is 11.6 Å². The van der Waals surface area contributed by atoms with Crippen molar-refractivity contribution < 1.29 is 18.0 Å². The topological polar surface area (TPSA) is 86.8 Å². The number of amides is 2. The molecule has 5 rings (SSSR count). The van der Waals surface area contributed by atoms with Crippen LogP contribution in [0.25, 0.3) is 0 Å². The SMILES string of the molecule is Cc1ccc(N(CC(=O)N(Cc2cccc(Cl)c2)[C@H](Cc2ccccc2)C(=O)NC2CCCCC2)S(=O)(=O)c2ccccc2)c(C)c1. The smallest absolute Gasteiger partial charge is 0.264 e. The first kappa shape index (κ1) is 34.2. The average molecular weight is 672 g/mol. The number of rotatable bonds is 12. The van der Waals surface area contributed by atoms with Crippen molar-refractivity contribution in [2.45, 2.75) is 75.9 Å². The second-order valence-corrected chi connectivity index (χ2v) is 14.6. The summed E-state index contributed by atoms with van der Waals surface area (Å²) in [5.74, 6) is -0.746. The van der Waals surface area contributed by atoms with Gasteiger partial charge in [0.1, 0.15) is 12.6 Å². The lowest BCUT2D eigenvalue weighted by Gasteiger charge is -2.35. The van der Waals surface area contributed by atoms with Gasteiger partial charge in [0.05, 0.1) is 10.6 Å². The van der Waals surface area contributed by atoms with Crippen molar-refractivity contribution in [1.29, 1.82) is 0 Å². The first-order valence-electron chi connectivity index (χ1n) is 16.1. The van der Waals surface area contributed by atoms with Crippen LogP contribution in [0.15, 0.2) is 108 Å². The molecule has 4 aromatic carbocycles. The Morgan fingerprint density at radius 1 is 0.830 bits per heavy atom. The van der Waals surface area contributed by atoms with E-state index in [4.69, 9.17) is 11.6 Å². The third-order valence-corrected chi connectivity index (χ3v) is 10.7. The number of hydrogen-bond acceptors (Lipinski definition) is 4. The lowest BCUT2D eigenvalue weighted by Crippen LogP contribution is -2.55. The fraction of sp³-hybridized carbons (Fsp3) is 0.316. The maximum absolute atomic E-state index is 14.7. The zero-order valence-corrected chi connectivity index (χ0v) is 28.5. The molecule has 1 fully saturated rings. The molecule has 0 unspecified atom stereocenters. The Morgan fingerprint density at radius 3 is 2.15 bits per heavy atom. The number of sulfonamides is 1. The molecule has 1 saturated carbocycles. The highest BCUT2D eigenvalue weighted by molar-refractivity contribution is 7.92. The van der Waals surface area contributed by atoms with Crippen LogP contribution in [0.1, 0.15) is 54.4 Å². The maximum atomic E-state index is 14.7. The fourth-order valence-corrected chi connectivity index (χ4v) is 7.96. The van der Waals surface area contributed by atoms with E-state index < -0.39 is 28.5 Å². The monoisotopic (exact) mass is 671 g/mol. The van der Waals surface area contributed by atoms with Crippen LogP contribution in [0, 0.1) is 13.8 Å². The van der Waals surface area contributed by atoms with E-state index in [1.165, 1.54) is 21.3 Å². The molecule has 0 heterocycles. The fourth-order valence-electron chi connectivity index (χ4n) is 6.25. The molecule has 0 saturated heterocycles. The van der Waals surface area contributed by atoms with E-state index in [2.05, 4.69) is 5.32 Å². The van der Waals surface area contributed by atoms with Gasteiger partial charge in [-0.3, -0.25) is 13.9 Å². The molecule has 1 aliphatic carbocycles. The zero-order chi connectivity index (χ0) is 33.4. The normalized spacial score (nSPS) is 14.3. The second-order valence-electron chi connectivity index (χ2n) is 12.3. The first-order chi connectivity index (χ1) is 22.6. The quantitative estimate of drug-likeness (QED) is 0.172.